The molecule has 0 unspecified atom stereocenters. The van der Waals surface area contributed by atoms with Gasteiger partial charge in [0.2, 0.25) is 0 Å². The summed E-state index contributed by atoms with van der Waals surface area (Å²) in [4.78, 5) is 0. The molecular formula is C13H18. The lowest BCUT2D eigenvalue weighted by molar-refractivity contribution is 0.953. The first kappa shape index (κ1) is 10.0. The van der Waals surface area contributed by atoms with Gasteiger partial charge in [-0.3, -0.25) is 0 Å². The lowest BCUT2D eigenvalue weighted by Gasteiger charge is -2.00. The predicted octanol–water partition coefficient (Wildman–Crippen LogP) is 3.89. The van der Waals surface area contributed by atoms with Crippen molar-refractivity contribution in [2.24, 2.45) is 0 Å². The van der Waals surface area contributed by atoms with Gasteiger partial charge in [0.05, 0.1) is 0 Å². The van der Waals surface area contributed by atoms with Crippen LogP contribution in [0, 0.1) is 6.92 Å². The first-order valence-corrected chi connectivity index (χ1v) is 5.04. The molecule has 70 valence electrons. The Morgan fingerprint density at radius 1 is 1.15 bits per heavy atom. The van der Waals surface area contributed by atoms with Gasteiger partial charge in [-0.05, 0) is 30.9 Å². The lowest BCUT2D eigenvalue weighted by atomic mass is 10.1. The Bertz CT molecular complexity index is 271. The first-order valence-electron chi connectivity index (χ1n) is 5.04. The largest absolute Gasteiger partial charge is 0.0882 e. The van der Waals surface area contributed by atoms with E-state index >= 15 is 0 Å². The number of hydrogen-bond acceptors (Lipinski definition) is 0. The molecule has 0 spiro atoms. The molecule has 0 saturated heterocycles. The second-order valence-corrected chi connectivity index (χ2v) is 3.39. The van der Waals surface area contributed by atoms with Crippen molar-refractivity contribution in [1.29, 1.82) is 0 Å². The van der Waals surface area contributed by atoms with E-state index in [4.69, 9.17) is 0 Å². The molecule has 0 aliphatic carbocycles. The maximum absolute atomic E-state index is 2.27. The molecule has 0 amide bonds. The third-order valence-corrected chi connectivity index (χ3v) is 2.22. The highest BCUT2D eigenvalue weighted by molar-refractivity contribution is 5.27. The summed E-state index contributed by atoms with van der Waals surface area (Å²) in [7, 11) is 0. The van der Waals surface area contributed by atoms with Gasteiger partial charge in [0.15, 0.2) is 0 Å². The van der Waals surface area contributed by atoms with Crippen molar-refractivity contribution < 1.29 is 0 Å². The van der Waals surface area contributed by atoms with E-state index < -0.39 is 0 Å². The Balaban J connectivity index is 2.49. The minimum absolute atomic E-state index is 1.08. The molecule has 1 aromatic carbocycles. The van der Waals surface area contributed by atoms with E-state index in [1.807, 2.05) is 0 Å². The third kappa shape index (κ3) is 3.45. The number of unbranched alkanes of at least 4 members (excludes halogenated alkanes) is 1. The summed E-state index contributed by atoms with van der Waals surface area (Å²) < 4.78 is 0. The van der Waals surface area contributed by atoms with Crippen molar-refractivity contribution in [1.82, 2.24) is 0 Å². The van der Waals surface area contributed by atoms with Crippen LogP contribution in [0.5, 0.6) is 0 Å². The molecule has 0 nitrogen and oxygen atoms in total. The topological polar surface area (TPSA) is 0 Å². The van der Waals surface area contributed by atoms with Gasteiger partial charge in [-0.1, -0.05) is 49.8 Å². The van der Waals surface area contributed by atoms with E-state index in [1.54, 1.807) is 0 Å². The quantitative estimate of drug-likeness (QED) is 0.607. The molecule has 13 heavy (non-hydrogen) atoms. The van der Waals surface area contributed by atoms with Crippen LogP contribution < -0.4 is 0 Å². The summed E-state index contributed by atoms with van der Waals surface area (Å²) in [5.74, 6) is 0. The van der Waals surface area contributed by atoms with Crippen LogP contribution >= 0.6 is 0 Å². The van der Waals surface area contributed by atoms with Crippen molar-refractivity contribution in [3.63, 3.8) is 0 Å². The summed E-state index contributed by atoms with van der Waals surface area (Å²) in [5.41, 5.74) is 2.83. The zero-order chi connectivity index (χ0) is 9.52. The van der Waals surface area contributed by atoms with E-state index in [0.29, 0.717) is 0 Å². The molecular weight excluding hydrogens is 156 g/mol. The summed E-state index contributed by atoms with van der Waals surface area (Å²) in [6.45, 7) is 4.38. The van der Waals surface area contributed by atoms with Crippen LogP contribution in [0.3, 0.4) is 0 Å². The summed E-state index contributed by atoms with van der Waals surface area (Å²) >= 11 is 0. The fourth-order valence-corrected chi connectivity index (χ4v) is 1.33. The molecule has 1 aromatic rings. The molecule has 0 aliphatic rings. The van der Waals surface area contributed by atoms with Crippen molar-refractivity contribution in [2.45, 2.75) is 33.1 Å². The van der Waals surface area contributed by atoms with Crippen molar-refractivity contribution in [2.75, 3.05) is 0 Å². The van der Waals surface area contributed by atoms with Crippen LogP contribution in [-0.4, -0.2) is 0 Å². The molecule has 0 N–H and O–H groups in total. The molecule has 0 atom stereocenters. The molecule has 0 aliphatic heterocycles. The van der Waals surface area contributed by atoms with Crippen LogP contribution in [0.2, 0.25) is 0 Å². The smallest absolute Gasteiger partial charge is 0.00948 e. The molecule has 1 rings (SSSR count). The highest BCUT2D eigenvalue weighted by Gasteiger charge is 1.92. The normalized spacial score (nSPS) is 10.9. The summed E-state index contributed by atoms with van der Waals surface area (Å²) in [6, 6.07) is 8.57. The summed E-state index contributed by atoms with van der Waals surface area (Å²) in [5, 5.41) is 0. The SMILES string of the molecule is CCC/C=C/Cc1ccccc1C. The van der Waals surface area contributed by atoms with E-state index in [2.05, 4.69) is 50.3 Å². The van der Waals surface area contributed by atoms with Gasteiger partial charge >= 0.3 is 0 Å². The molecule has 0 heteroatoms. The van der Waals surface area contributed by atoms with Crippen LogP contribution in [0.25, 0.3) is 0 Å². The Kier molecular flexibility index (Phi) is 4.31. The fraction of sp³-hybridized carbons (Fsp3) is 0.385. The van der Waals surface area contributed by atoms with E-state index in [0.717, 1.165) is 6.42 Å². The number of allylic oxidation sites excluding steroid dienone is 2. The molecule has 0 heterocycles. The molecule has 0 radical (unpaired) electrons. The summed E-state index contributed by atoms with van der Waals surface area (Å²) in [6.07, 6.45) is 8.06. The minimum Gasteiger partial charge on any atom is -0.0882 e. The van der Waals surface area contributed by atoms with Gasteiger partial charge < -0.3 is 0 Å². The first-order chi connectivity index (χ1) is 6.34. The average Bonchev–Trinajstić information content (AvgIpc) is 2.15. The van der Waals surface area contributed by atoms with Gasteiger partial charge in [0.25, 0.3) is 0 Å². The van der Waals surface area contributed by atoms with Crippen molar-refractivity contribution in [3.05, 3.63) is 47.5 Å². The molecule has 0 saturated carbocycles. The lowest BCUT2D eigenvalue weighted by Crippen LogP contribution is -1.84. The van der Waals surface area contributed by atoms with Crippen LogP contribution in [0.4, 0.5) is 0 Å². The average molecular weight is 174 g/mol. The number of benzene rings is 1. The zero-order valence-corrected chi connectivity index (χ0v) is 8.59. The van der Waals surface area contributed by atoms with E-state index in [-0.39, 0.29) is 0 Å². The second-order valence-electron chi connectivity index (χ2n) is 3.39. The van der Waals surface area contributed by atoms with Crippen LogP contribution in [0.1, 0.15) is 30.9 Å². The highest BCUT2D eigenvalue weighted by Crippen LogP contribution is 2.08. The van der Waals surface area contributed by atoms with Crippen molar-refractivity contribution >= 4 is 0 Å². The Labute approximate surface area is 81.3 Å². The number of rotatable bonds is 4. The maximum atomic E-state index is 2.27. The molecule has 0 aromatic heterocycles. The third-order valence-electron chi connectivity index (χ3n) is 2.22. The monoisotopic (exact) mass is 174 g/mol. The fourth-order valence-electron chi connectivity index (χ4n) is 1.33. The molecule has 0 bridgehead atoms. The maximum Gasteiger partial charge on any atom is -0.00948 e. The van der Waals surface area contributed by atoms with Gasteiger partial charge in [-0.2, -0.15) is 0 Å². The van der Waals surface area contributed by atoms with Gasteiger partial charge in [-0.25, -0.2) is 0 Å². The van der Waals surface area contributed by atoms with E-state index in [9.17, 15) is 0 Å². The Morgan fingerprint density at radius 3 is 2.62 bits per heavy atom. The van der Waals surface area contributed by atoms with Crippen LogP contribution in [-0.2, 0) is 6.42 Å². The molecule has 0 fully saturated rings. The van der Waals surface area contributed by atoms with Gasteiger partial charge in [0.1, 0.15) is 0 Å². The zero-order valence-electron chi connectivity index (χ0n) is 8.59. The van der Waals surface area contributed by atoms with Gasteiger partial charge in [0, 0.05) is 0 Å². The predicted molar refractivity (Wildman–Crippen MR) is 58.9 cm³/mol. The number of aryl methyl sites for hydroxylation is 1. The van der Waals surface area contributed by atoms with E-state index in [1.165, 1.54) is 24.0 Å². The Hall–Kier alpha value is -1.04. The van der Waals surface area contributed by atoms with Crippen LogP contribution in [0.15, 0.2) is 36.4 Å². The van der Waals surface area contributed by atoms with Crippen molar-refractivity contribution in [3.8, 4) is 0 Å². The standard InChI is InChI=1S/C13H18/c1-3-4-5-6-10-13-11-8-7-9-12(13)2/h5-9,11H,3-4,10H2,1-2H3/b6-5+. The second kappa shape index (κ2) is 5.58. The Morgan fingerprint density at radius 2 is 1.92 bits per heavy atom. The van der Waals surface area contributed by atoms with Gasteiger partial charge in [-0.15, -0.1) is 0 Å². The number of hydrogen-bond donors (Lipinski definition) is 0. The highest BCUT2D eigenvalue weighted by atomic mass is 14.0. The minimum atomic E-state index is 1.08.